The summed E-state index contributed by atoms with van der Waals surface area (Å²) in [6.07, 6.45) is 2.72. The molecular weight excluding hydrogens is 166 g/mol. The van der Waals surface area contributed by atoms with Crippen molar-refractivity contribution in [1.29, 1.82) is 0 Å². The molecule has 0 aliphatic rings. The molecule has 72 valence electrons. The highest BCUT2D eigenvalue weighted by molar-refractivity contribution is 5.76. The summed E-state index contributed by atoms with van der Waals surface area (Å²) in [5, 5.41) is 6.75. The number of rotatable bonds is 3. The van der Waals surface area contributed by atoms with Crippen molar-refractivity contribution in [2.24, 2.45) is 4.99 Å². The molecule has 4 heteroatoms. The largest absolute Gasteiger partial charge is 0.481 e. The van der Waals surface area contributed by atoms with Gasteiger partial charge in [-0.2, -0.15) is 10.1 Å². The summed E-state index contributed by atoms with van der Waals surface area (Å²) in [4.78, 5) is 4.26. The predicted molar refractivity (Wildman–Crippen MR) is 52.4 cm³/mol. The Labute approximate surface area is 78.0 Å². The molecule has 0 amide bonds. The predicted octanol–water partition coefficient (Wildman–Crippen LogP) is 2.06. The molecule has 0 aliphatic carbocycles. The van der Waals surface area contributed by atoms with Crippen LogP contribution in [0, 0.1) is 0 Å². The molecule has 0 radical (unpaired) electrons. The molecule has 0 fully saturated rings. The van der Waals surface area contributed by atoms with Gasteiger partial charge in [-0.25, -0.2) is 0 Å². The summed E-state index contributed by atoms with van der Waals surface area (Å²) in [6.45, 7) is 6.49. The Kier molecular flexibility index (Phi) is 3.49. The van der Waals surface area contributed by atoms with Crippen molar-refractivity contribution < 1.29 is 4.74 Å². The van der Waals surface area contributed by atoms with Crippen molar-refractivity contribution in [3.8, 4) is 0 Å². The Hall–Kier alpha value is -1.32. The van der Waals surface area contributed by atoms with E-state index >= 15 is 0 Å². The van der Waals surface area contributed by atoms with E-state index in [1.165, 1.54) is 0 Å². The van der Waals surface area contributed by atoms with Crippen LogP contribution in [-0.4, -0.2) is 22.7 Å². The van der Waals surface area contributed by atoms with E-state index in [2.05, 4.69) is 22.1 Å². The van der Waals surface area contributed by atoms with E-state index in [1.807, 2.05) is 13.8 Å². The number of hydrogen-bond acceptors (Lipinski definition) is 3. The average molecular weight is 181 g/mol. The summed E-state index contributed by atoms with van der Waals surface area (Å²) in [5.74, 6) is 1.47. The van der Waals surface area contributed by atoms with Crippen LogP contribution >= 0.6 is 0 Å². The third kappa shape index (κ3) is 2.57. The monoisotopic (exact) mass is 181 g/mol. The first-order chi connectivity index (χ1) is 6.27. The number of nitrogens with zero attached hydrogens (tertiary/aromatic N) is 2. The molecule has 0 atom stereocenters. The van der Waals surface area contributed by atoms with Gasteiger partial charge in [-0.15, -0.1) is 0 Å². The fraction of sp³-hybridized carbons (Fsp3) is 0.556. The first kappa shape index (κ1) is 9.77. The SMILES string of the molecule is CCO/C(C)=N/c1[nH]ncc1CC. The van der Waals surface area contributed by atoms with Gasteiger partial charge in [0.05, 0.1) is 12.8 Å². The molecular formula is C9H15N3O. The highest BCUT2D eigenvalue weighted by Crippen LogP contribution is 2.15. The van der Waals surface area contributed by atoms with Crippen LogP contribution in [0.15, 0.2) is 11.2 Å². The third-order valence-electron chi connectivity index (χ3n) is 1.70. The Morgan fingerprint density at radius 3 is 3.00 bits per heavy atom. The molecule has 0 saturated carbocycles. The normalized spacial score (nSPS) is 11.8. The van der Waals surface area contributed by atoms with Gasteiger partial charge < -0.3 is 4.74 Å². The van der Waals surface area contributed by atoms with Crippen LogP contribution in [0.5, 0.6) is 0 Å². The number of H-pyrrole nitrogens is 1. The minimum absolute atomic E-state index is 0.644. The second-order valence-corrected chi connectivity index (χ2v) is 2.66. The number of aromatic nitrogens is 2. The van der Waals surface area contributed by atoms with E-state index in [0.29, 0.717) is 12.5 Å². The molecule has 1 aromatic rings. The van der Waals surface area contributed by atoms with Crippen LogP contribution in [0.2, 0.25) is 0 Å². The molecule has 1 N–H and O–H groups in total. The summed E-state index contributed by atoms with van der Waals surface area (Å²) in [6, 6.07) is 0. The van der Waals surface area contributed by atoms with Gasteiger partial charge in [0, 0.05) is 12.5 Å². The lowest BCUT2D eigenvalue weighted by Crippen LogP contribution is -1.97. The van der Waals surface area contributed by atoms with E-state index in [1.54, 1.807) is 6.20 Å². The van der Waals surface area contributed by atoms with Crippen LogP contribution in [-0.2, 0) is 11.2 Å². The first-order valence-corrected chi connectivity index (χ1v) is 4.48. The topological polar surface area (TPSA) is 50.3 Å². The number of aromatic amines is 1. The lowest BCUT2D eigenvalue weighted by molar-refractivity contribution is 0.324. The number of ether oxygens (including phenoxy) is 1. The highest BCUT2D eigenvalue weighted by atomic mass is 16.5. The van der Waals surface area contributed by atoms with Crippen LogP contribution < -0.4 is 0 Å². The minimum atomic E-state index is 0.644. The Bertz CT molecular complexity index is 291. The van der Waals surface area contributed by atoms with Gasteiger partial charge in [-0.1, -0.05) is 6.92 Å². The molecule has 4 nitrogen and oxygen atoms in total. The Morgan fingerprint density at radius 2 is 2.38 bits per heavy atom. The van der Waals surface area contributed by atoms with E-state index in [-0.39, 0.29) is 0 Å². The Morgan fingerprint density at radius 1 is 1.62 bits per heavy atom. The molecule has 0 saturated heterocycles. The minimum Gasteiger partial charge on any atom is -0.481 e. The summed E-state index contributed by atoms with van der Waals surface area (Å²) in [7, 11) is 0. The van der Waals surface area contributed by atoms with E-state index in [9.17, 15) is 0 Å². The molecule has 13 heavy (non-hydrogen) atoms. The lowest BCUT2D eigenvalue weighted by atomic mass is 10.3. The smallest absolute Gasteiger partial charge is 0.186 e. The summed E-state index contributed by atoms with van der Waals surface area (Å²) in [5.41, 5.74) is 1.11. The highest BCUT2D eigenvalue weighted by Gasteiger charge is 2.01. The van der Waals surface area contributed by atoms with Gasteiger partial charge in [0.15, 0.2) is 11.7 Å². The molecule has 0 bridgehead atoms. The van der Waals surface area contributed by atoms with Crippen molar-refractivity contribution in [1.82, 2.24) is 10.2 Å². The molecule has 0 aromatic carbocycles. The third-order valence-corrected chi connectivity index (χ3v) is 1.70. The molecule has 0 unspecified atom stereocenters. The number of nitrogens with one attached hydrogen (secondary N) is 1. The fourth-order valence-corrected chi connectivity index (χ4v) is 1.06. The standard InChI is InChI=1S/C9H15N3O/c1-4-8-6-10-12-9(8)11-7(3)13-5-2/h6H,4-5H2,1-3H3,(H,10,12)/b11-7+. The van der Waals surface area contributed by atoms with Crippen molar-refractivity contribution >= 4 is 11.7 Å². The Balaban J connectivity index is 2.77. The van der Waals surface area contributed by atoms with Gasteiger partial charge in [0.25, 0.3) is 0 Å². The van der Waals surface area contributed by atoms with Crippen molar-refractivity contribution in [3.05, 3.63) is 11.8 Å². The van der Waals surface area contributed by atoms with Crippen LogP contribution in [0.1, 0.15) is 26.3 Å². The lowest BCUT2D eigenvalue weighted by Gasteiger charge is -2.00. The van der Waals surface area contributed by atoms with Gasteiger partial charge in [-0.05, 0) is 13.3 Å². The molecule has 0 aliphatic heterocycles. The zero-order valence-corrected chi connectivity index (χ0v) is 8.29. The van der Waals surface area contributed by atoms with Gasteiger partial charge in [0.2, 0.25) is 0 Å². The maximum absolute atomic E-state index is 5.22. The fourth-order valence-electron chi connectivity index (χ4n) is 1.06. The van der Waals surface area contributed by atoms with Gasteiger partial charge in [-0.3, -0.25) is 5.10 Å². The van der Waals surface area contributed by atoms with E-state index < -0.39 is 0 Å². The summed E-state index contributed by atoms with van der Waals surface area (Å²) < 4.78 is 5.22. The second kappa shape index (κ2) is 4.64. The van der Waals surface area contributed by atoms with Gasteiger partial charge >= 0.3 is 0 Å². The van der Waals surface area contributed by atoms with Crippen molar-refractivity contribution in [2.75, 3.05) is 6.61 Å². The molecule has 1 rings (SSSR count). The van der Waals surface area contributed by atoms with Crippen LogP contribution in [0.3, 0.4) is 0 Å². The van der Waals surface area contributed by atoms with Gasteiger partial charge in [0.1, 0.15) is 0 Å². The van der Waals surface area contributed by atoms with Crippen molar-refractivity contribution in [2.45, 2.75) is 27.2 Å². The molecule has 1 aromatic heterocycles. The first-order valence-electron chi connectivity index (χ1n) is 4.48. The van der Waals surface area contributed by atoms with Crippen LogP contribution in [0.25, 0.3) is 0 Å². The average Bonchev–Trinajstić information content (AvgIpc) is 2.52. The number of hydrogen-bond donors (Lipinski definition) is 1. The van der Waals surface area contributed by atoms with E-state index in [4.69, 9.17) is 4.74 Å². The maximum atomic E-state index is 5.22. The molecule has 0 spiro atoms. The summed E-state index contributed by atoms with van der Waals surface area (Å²) >= 11 is 0. The zero-order valence-electron chi connectivity index (χ0n) is 8.29. The number of aliphatic imine (C=N–C) groups is 1. The van der Waals surface area contributed by atoms with Crippen molar-refractivity contribution in [3.63, 3.8) is 0 Å². The maximum Gasteiger partial charge on any atom is 0.186 e. The quantitative estimate of drug-likeness (QED) is 0.573. The molecule has 1 heterocycles. The second-order valence-electron chi connectivity index (χ2n) is 2.66. The van der Waals surface area contributed by atoms with E-state index in [0.717, 1.165) is 17.8 Å². The van der Waals surface area contributed by atoms with Crippen LogP contribution in [0.4, 0.5) is 5.82 Å². The number of aryl methyl sites for hydroxylation is 1. The zero-order chi connectivity index (χ0) is 9.68.